The number of carbonyl (C=O) groups excluding carboxylic acids is 1. The van der Waals surface area contributed by atoms with Crippen molar-refractivity contribution in [2.45, 2.75) is 20.3 Å². The van der Waals surface area contributed by atoms with Gasteiger partial charge in [0, 0.05) is 12.1 Å². The average Bonchev–Trinajstić information content (AvgIpc) is 2.46. The van der Waals surface area contributed by atoms with Crippen LogP contribution in [0.4, 0.5) is 4.39 Å². The summed E-state index contributed by atoms with van der Waals surface area (Å²) < 4.78 is 14.2. The Balaban J connectivity index is 2.07. The maximum atomic E-state index is 14.2. The number of rotatable bonds is 5. The third-order valence-electron chi connectivity index (χ3n) is 3.19. The van der Waals surface area contributed by atoms with Crippen molar-refractivity contribution in [1.82, 2.24) is 5.32 Å². The molecule has 1 amide bonds. The summed E-state index contributed by atoms with van der Waals surface area (Å²) in [6.45, 7) is 4.71. The zero-order chi connectivity index (χ0) is 15.2. The van der Waals surface area contributed by atoms with Gasteiger partial charge in [0.05, 0.1) is 6.42 Å². The van der Waals surface area contributed by atoms with Gasteiger partial charge < -0.3 is 5.32 Å². The molecule has 1 N–H and O–H groups in total. The van der Waals surface area contributed by atoms with Crippen molar-refractivity contribution in [3.63, 3.8) is 0 Å². The van der Waals surface area contributed by atoms with Crippen LogP contribution < -0.4 is 5.32 Å². The van der Waals surface area contributed by atoms with Gasteiger partial charge >= 0.3 is 0 Å². The molecule has 3 heteroatoms. The monoisotopic (exact) mass is 285 g/mol. The fourth-order valence-electron chi connectivity index (χ4n) is 2.09. The molecule has 2 aromatic carbocycles. The van der Waals surface area contributed by atoms with Crippen molar-refractivity contribution in [1.29, 1.82) is 0 Å². The Labute approximate surface area is 125 Å². The van der Waals surface area contributed by atoms with Crippen LogP contribution in [0.2, 0.25) is 0 Å². The molecule has 0 fully saturated rings. The second kappa shape index (κ2) is 7.02. The summed E-state index contributed by atoms with van der Waals surface area (Å²) in [4.78, 5) is 11.7. The fraction of sp³-hybridized carbons (Fsp3) is 0.278. The zero-order valence-corrected chi connectivity index (χ0v) is 12.4. The quantitative estimate of drug-likeness (QED) is 0.889. The predicted molar refractivity (Wildman–Crippen MR) is 83.4 cm³/mol. The van der Waals surface area contributed by atoms with Gasteiger partial charge in [0.1, 0.15) is 5.82 Å². The van der Waals surface area contributed by atoms with E-state index in [0.29, 0.717) is 23.6 Å². The number of hydrogen-bond acceptors (Lipinski definition) is 1. The molecule has 2 rings (SSSR count). The first-order chi connectivity index (χ1) is 10.1. The third-order valence-corrected chi connectivity index (χ3v) is 3.19. The van der Waals surface area contributed by atoms with Crippen LogP contribution in [0, 0.1) is 11.7 Å². The van der Waals surface area contributed by atoms with Crippen LogP contribution in [0.25, 0.3) is 11.1 Å². The van der Waals surface area contributed by atoms with E-state index in [2.05, 4.69) is 5.32 Å². The fourth-order valence-corrected chi connectivity index (χ4v) is 2.09. The van der Waals surface area contributed by atoms with Gasteiger partial charge in [0.2, 0.25) is 5.91 Å². The topological polar surface area (TPSA) is 29.1 Å². The van der Waals surface area contributed by atoms with Gasteiger partial charge in [0.25, 0.3) is 0 Å². The van der Waals surface area contributed by atoms with Crippen molar-refractivity contribution in [3.05, 3.63) is 59.9 Å². The Morgan fingerprint density at radius 3 is 2.48 bits per heavy atom. The summed E-state index contributed by atoms with van der Waals surface area (Å²) in [6, 6.07) is 14.4. The number of benzene rings is 2. The molecule has 2 nitrogen and oxygen atoms in total. The third kappa shape index (κ3) is 4.42. The van der Waals surface area contributed by atoms with Gasteiger partial charge in [-0.25, -0.2) is 4.39 Å². The summed E-state index contributed by atoms with van der Waals surface area (Å²) in [5, 5.41) is 2.83. The highest BCUT2D eigenvalue weighted by Crippen LogP contribution is 2.23. The van der Waals surface area contributed by atoms with Crippen LogP contribution in [0.3, 0.4) is 0 Å². The zero-order valence-electron chi connectivity index (χ0n) is 12.4. The Bertz CT molecular complexity index is 608. The Kier molecular flexibility index (Phi) is 5.09. The molecule has 0 aliphatic rings. The predicted octanol–water partition coefficient (Wildman–Crippen LogP) is 3.81. The van der Waals surface area contributed by atoms with Crippen LogP contribution in [0.15, 0.2) is 48.5 Å². The van der Waals surface area contributed by atoms with E-state index in [-0.39, 0.29) is 18.1 Å². The second-order valence-electron chi connectivity index (χ2n) is 5.55. The highest BCUT2D eigenvalue weighted by atomic mass is 19.1. The summed E-state index contributed by atoms with van der Waals surface area (Å²) in [5.41, 5.74) is 2.08. The molecule has 2 aromatic rings. The molecule has 110 valence electrons. The SMILES string of the molecule is CC(C)CNC(=O)Cc1ccc(-c2ccccc2)c(F)c1. The maximum absolute atomic E-state index is 14.2. The van der Waals surface area contributed by atoms with E-state index in [9.17, 15) is 9.18 Å². The first-order valence-electron chi connectivity index (χ1n) is 7.17. The number of nitrogens with one attached hydrogen (secondary N) is 1. The summed E-state index contributed by atoms with van der Waals surface area (Å²) in [7, 11) is 0. The highest BCUT2D eigenvalue weighted by molar-refractivity contribution is 5.78. The number of hydrogen-bond donors (Lipinski definition) is 1. The van der Waals surface area contributed by atoms with E-state index in [0.717, 1.165) is 5.56 Å². The van der Waals surface area contributed by atoms with E-state index in [1.54, 1.807) is 12.1 Å². The average molecular weight is 285 g/mol. The van der Waals surface area contributed by atoms with Gasteiger partial charge in [0.15, 0.2) is 0 Å². The molecule has 0 spiro atoms. The number of carbonyl (C=O) groups is 1. The van der Waals surface area contributed by atoms with Gasteiger partial charge in [-0.1, -0.05) is 56.3 Å². The van der Waals surface area contributed by atoms with Crippen LogP contribution in [0.5, 0.6) is 0 Å². The van der Waals surface area contributed by atoms with Gasteiger partial charge in [-0.05, 0) is 23.1 Å². The number of amides is 1. The molecule has 0 aromatic heterocycles. The van der Waals surface area contributed by atoms with Crippen LogP contribution in [-0.4, -0.2) is 12.5 Å². The van der Waals surface area contributed by atoms with Crippen molar-refractivity contribution in [3.8, 4) is 11.1 Å². The lowest BCUT2D eigenvalue weighted by atomic mass is 10.0. The Morgan fingerprint density at radius 2 is 1.86 bits per heavy atom. The molecule has 0 aliphatic heterocycles. The van der Waals surface area contributed by atoms with E-state index in [4.69, 9.17) is 0 Å². The van der Waals surface area contributed by atoms with E-state index >= 15 is 0 Å². The molecule has 0 aliphatic carbocycles. The van der Waals surface area contributed by atoms with Crippen molar-refractivity contribution < 1.29 is 9.18 Å². The molecule has 0 heterocycles. The molecule has 0 saturated heterocycles. The summed E-state index contributed by atoms with van der Waals surface area (Å²) in [6.07, 6.45) is 0.207. The van der Waals surface area contributed by atoms with E-state index in [1.807, 2.05) is 44.2 Å². The number of halogens is 1. The largest absolute Gasteiger partial charge is 0.356 e. The lowest BCUT2D eigenvalue weighted by Crippen LogP contribution is -2.28. The molecule has 21 heavy (non-hydrogen) atoms. The molecular weight excluding hydrogens is 265 g/mol. The normalized spacial score (nSPS) is 10.7. The van der Waals surface area contributed by atoms with Crippen LogP contribution in [0.1, 0.15) is 19.4 Å². The van der Waals surface area contributed by atoms with Gasteiger partial charge in [-0.2, -0.15) is 0 Å². The smallest absolute Gasteiger partial charge is 0.224 e. The first kappa shape index (κ1) is 15.2. The minimum Gasteiger partial charge on any atom is -0.356 e. The summed E-state index contributed by atoms with van der Waals surface area (Å²) >= 11 is 0. The second-order valence-corrected chi connectivity index (χ2v) is 5.55. The van der Waals surface area contributed by atoms with Gasteiger partial charge in [-0.3, -0.25) is 4.79 Å². The molecule has 0 unspecified atom stereocenters. The van der Waals surface area contributed by atoms with Crippen LogP contribution in [-0.2, 0) is 11.2 Å². The minimum absolute atomic E-state index is 0.0736. The van der Waals surface area contributed by atoms with E-state index < -0.39 is 0 Å². The Morgan fingerprint density at radius 1 is 1.14 bits per heavy atom. The van der Waals surface area contributed by atoms with Crippen molar-refractivity contribution in [2.75, 3.05) is 6.54 Å². The molecular formula is C18H20FNO. The molecule has 0 bridgehead atoms. The van der Waals surface area contributed by atoms with Crippen molar-refractivity contribution in [2.24, 2.45) is 5.92 Å². The lowest BCUT2D eigenvalue weighted by molar-refractivity contribution is -0.120. The first-order valence-corrected chi connectivity index (χ1v) is 7.17. The van der Waals surface area contributed by atoms with Gasteiger partial charge in [-0.15, -0.1) is 0 Å². The standard InChI is InChI=1S/C18H20FNO/c1-13(2)12-20-18(21)11-14-8-9-16(17(19)10-14)15-6-4-3-5-7-15/h3-10,13H,11-12H2,1-2H3,(H,20,21). The summed E-state index contributed by atoms with van der Waals surface area (Å²) in [5.74, 6) is 0.0389. The molecule has 0 saturated carbocycles. The lowest BCUT2D eigenvalue weighted by Gasteiger charge is -2.09. The van der Waals surface area contributed by atoms with E-state index in [1.165, 1.54) is 6.07 Å². The maximum Gasteiger partial charge on any atom is 0.224 e. The highest BCUT2D eigenvalue weighted by Gasteiger charge is 2.09. The Hall–Kier alpha value is -2.16. The molecule has 0 radical (unpaired) electrons. The minimum atomic E-state index is -0.296. The van der Waals surface area contributed by atoms with Crippen molar-refractivity contribution >= 4 is 5.91 Å². The van der Waals surface area contributed by atoms with Crippen LogP contribution >= 0.6 is 0 Å². The molecule has 0 atom stereocenters.